The van der Waals surface area contributed by atoms with E-state index in [2.05, 4.69) is 55.6 Å². The topological polar surface area (TPSA) is 95.9 Å². The Labute approximate surface area is 385 Å². The van der Waals surface area contributed by atoms with Gasteiger partial charge in [-0.2, -0.15) is 0 Å². The number of rotatable bonds is 50. The van der Waals surface area contributed by atoms with Crippen LogP contribution in [0.15, 0.2) is 36.5 Å². The zero-order valence-electron chi connectivity index (χ0n) is 41.4. The molecule has 0 aromatic rings. The Morgan fingerprint density at radius 1 is 0.452 bits per heavy atom. The van der Waals surface area contributed by atoms with Crippen LogP contribution in [0.25, 0.3) is 0 Å². The lowest BCUT2D eigenvalue weighted by molar-refractivity contribution is -0.143. The number of amides is 1. The van der Waals surface area contributed by atoms with Crippen molar-refractivity contribution < 1.29 is 24.5 Å². The van der Waals surface area contributed by atoms with Crippen LogP contribution in [0.1, 0.15) is 284 Å². The van der Waals surface area contributed by atoms with Crippen molar-refractivity contribution in [2.24, 2.45) is 0 Å². The van der Waals surface area contributed by atoms with E-state index >= 15 is 0 Å². The molecule has 0 spiro atoms. The van der Waals surface area contributed by atoms with Crippen LogP contribution >= 0.6 is 0 Å². The minimum atomic E-state index is -0.683. The van der Waals surface area contributed by atoms with Crippen molar-refractivity contribution in [3.05, 3.63) is 36.5 Å². The number of unbranched alkanes of at least 4 members (excludes halogenated alkanes) is 33. The number of hydrogen-bond donors (Lipinski definition) is 3. The van der Waals surface area contributed by atoms with Gasteiger partial charge in [0.15, 0.2) is 0 Å². The Balaban J connectivity index is 3.52. The van der Waals surface area contributed by atoms with Crippen molar-refractivity contribution in [2.75, 3.05) is 13.2 Å². The van der Waals surface area contributed by atoms with Gasteiger partial charge in [0.25, 0.3) is 0 Å². The van der Waals surface area contributed by atoms with Gasteiger partial charge < -0.3 is 20.3 Å². The van der Waals surface area contributed by atoms with Crippen LogP contribution < -0.4 is 5.32 Å². The van der Waals surface area contributed by atoms with Crippen molar-refractivity contribution in [3.63, 3.8) is 0 Å². The molecule has 0 radical (unpaired) electrons. The maximum absolute atomic E-state index is 12.5. The summed E-state index contributed by atoms with van der Waals surface area (Å²) in [6.45, 7) is 4.85. The van der Waals surface area contributed by atoms with Gasteiger partial charge in [0.05, 0.1) is 25.4 Å². The average Bonchev–Trinajstić information content (AvgIpc) is 3.27. The summed E-state index contributed by atoms with van der Waals surface area (Å²) in [6, 6.07) is -0.564. The number of carbonyl (C=O) groups excluding carboxylic acids is 2. The highest BCUT2D eigenvalue weighted by Gasteiger charge is 2.20. The van der Waals surface area contributed by atoms with Crippen molar-refractivity contribution in [1.29, 1.82) is 0 Å². The molecule has 0 rings (SSSR count). The second-order valence-corrected chi connectivity index (χ2v) is 18.6. The van der Waals surface area contributed by atoms with Crippen molar-refractivity contribution in [2.45, 2.75) is 296 Å². The molecule has 0 heterocycles. The molecule has 0 aromatic carbocycles. The first-order valence-corrected chi connectivity index (χ1v) is 27.2. The van der Waals surface area contributed by atoms with E-state index in [0.29, 0.717) is 25.9 Å². The van der Waals surface area contributed by atoms with E-state index in [0.717, 1.165) is 89.9 Å². The summed E-state index contributed by atoms with van der Waals surface area (Å²) in [4.78, 5) is 24.5. The van der Waals surface area contributed by atoms with Gasteiger partial charge in [-0.1, -0.05) is 224 Å². The third-order valence-electron chi connectivity index (χ3n) is 12.4. The van der Waals surface area contributed by atoms with Gasteiger partial charge in [-0.15, -0.1) is 0 Å². The molecule has 0 aliphatic heterocycles. The fraction of sp³-hybridized carbons (Fsp3) is 0.857. The SMILES string of the molecule is CCCCC/C=C\C/C=C\CCCCCCCCCC(=O)OCCCC/C=C\CCCCCCCC(=O)NC(CO)C(O)CCCCCCCCCCCCCCCCCCC. The Hall–Kier alpha value is -1.92. The highest BCUT2D eigenvalue weighted by Crippen LogP contribution is 2.16. The minimum absolute atomic E-state index is 0.0389. The maximum atomic E-state index is 12.5. The third-order valence-corrected chi connectivity index (χ3v) is 12.4. The quantitative estimate of drug-likeness (QED) is 0.0321. The van der Waals surface area contributed by atoms with Crippen LogP contribution in [-0.2, 0) is 14.3 Å². The van der Waals surface area contributed by atoms with Gasteiger partial charge in [0, 0.05) is 12.8 Å². The number of aliphatic hydroxyl groups excluding tert-OH is 2. The Kier molecular flexibility index (Phi) is 50.1. The van der Waals surface area contributed by atoms with E-state index in [4.69, 9.17) is 4.74 Å². The Bertz CT molecular complexity index is 1010. The molecule has 2 unspecified atom stereocenters. The van der Waals surface area contributed by atoms with Crippen LogP contribution in [-0.4, -0.2) is 47.4 Å². The monoisotopic (exact) mass is 872 g/mol. The second kappa shape index (κ2) is 51.7. The fourth-order valence-corrected chi connectivity index (χ4v) is 8.19. The highest BCUT2D eigenvalue weighted by atomic mass is 16.5. The molecule has 6 heteroatoms. The molecule has 0 aliphatic carbocycles. The van der Waals surface area contributed by atoms with Gasteiger partial charge >= 0.3 is 5.97 Å². The lowest BCUT2D eigenvalue weighted by Crippen LogP contribution is -2.45. The summed E-state index contributed by atoms with van der Waals surface area (Å²) in [6.07, 6.45) is 62.6. The van der Waals surface area contributed by atoms with Gasteiger partial charge in [0.1, 0.15) is 0 Å². The Morgan fingerprint density at radius 2 is 0.806 bits per heavy atom. The van der Waals surface area contributed by atoms with Crippen LogP contribution in [0, 0.1) is 0 Å². The fourth-order valence-electron chi connectivity index (χ4n) is 8.19. The molecule has 3 N–H and O–H groups in total. The standard InChI is InChI=1S/C56H105NO5/c1-3-5-7-9-11-13-15-17-19-21-23-25-28-32-36-40-44-48-54(59)53(52-58)57-55(60)49-45-41-37-33-29-27-31-35-39-43-47-51-62-56(61)50-46-42-38-34-30-26-24-22-20-18-16-14-12-10-8-6-4-2/h12,14,18,20,31,35,53-54,58-59H,3-11,13,15-17,19,21-30,32-34,36-52H2,1-2H3,(H,57,60)/b14-12-,20-18-,35-31-. The van der Waals surface area contributed by atoms with Crippen LogP contribution in [0.2, 0.25) is 0 Å². The molecule has 0 aromatic heterocycles. The molecule has 0 aliphatic rings. The van der Waals surface area contributed by atoms with Gasteiger partial charge in [-0.25, -0.2) is 0 Å². The summed E-state index contributed by atoms with van der Waals surface area (Å²) in [5.41, 5.74) is 0. The first-order valence-electron chi connectivity index (χ1n) is 27.2. The lowest BCUT2D eigenvalue weighted by Gasteiger charge is -2.22. The molecular formula is C56H105NO5. The van der Waals surface area contributed by atoms with E-state index < -0.39 is 12.1 Å². The summed E-state index contributed by atoms with van der Waals surface area (Å²) < 4.78 is 5.44. The average molecular weight is 872 g/mol. The predicted octanol–water partition coefficient (Wildman–Crippen LogP) is 16.5. The van der Waals surface area contributed by atoms with Crippen LogP contribution in [0.5, 0.6) is 0 Å². The number of hydrogen-bond acceptors (Lipinski definition) is 5. The summed E-state index contributed by atoms with van der Waals surface area (Å²) in [5.74, 6) is -0.103. The lowest BCUT2D eigenvalue weighted by atomic mass is 10.0. The number of carbonyl (C=O) groups is 2. The van der Waals surface area contributed by atoms with Crippen LogP contribution in [0.4, 0.5) is 0 Å². The highest BCUT2D eigenvalue weighted by molar-refractivity contribution is 5.76. The number of allylic oxidation sites excluding steroid dienone is 6. The predicted molar refractivity (Wildman–Crippen MR) is 269 cm³/mol. The van der Waals surface area contributed by atoms with E-state index in [1.807, 2.05) is 0 Å². The number of ether oxygens (including phenoxy) is 1. The van der Waals surface area contributed by atoms with E-state index in [-0.39, 0.29) is 18.5 Å². The van der Waals surface area contributed by atoms with Crippen LogP contribution in [0.3, 0.4) is 0 Å². The first-order chi connectivity index (χ1) is 30.5. The molecule has 364 valence electrons. The number of nitrogens with one attached hydrogen (secondary N) is 1. The molecule has 62 heavy (non-hydrogen) atoms. The minimum Gasteiger partial charge on any atom is -0.466 e. The number of aliphatic hydroxyl groups is 2. The van der Waals surface area contributed by atoms with Gasteiger partial charge in [-0.05, 0) is 83.5 Å². The first kappa shape index (κ1) is 60.1. The summed E-state index contributed by atoms with van der Waals surface area (Å²) in [7, 11) is 0. The molecule has 0 fully saturated rings. The molecule has 0 saturated carbocycles. The maximum Gasteiger partial charge on any atom is 0.305 e. The molecule has 6 nitrogen and oxygen atoms in total. The molecule has 0 bridgehead atoms. The van der Waals surface area contributed by atoms with E-state index in [1.165, 1.54) is 161 Å². The van der Waals surface area contributed by atoms with E-state index in [1.54, 1.807) is 0 Å². The van der Waals surface area contributed by atoms with E-state index in [9.17, 15) is 19.8 Å². The van der Waals surface area contributed by atoms with Crippen molar-refractivity contribution >= 4 is 11.9 Å². The van der Waals surface area contributed by atoms with Crippen molar-refractivity contribution in [1.82, 2.24) is 5.32 Å². The third kappa shape index (κ3) is 47.6. The Morgan fingerprint density at radius 3 is 1.27 bits per heavy atom. The zero-order valence-corrected chi connectivity index (χ0v) is 41.4. The van der Waals surface area contributed by atoms with Crippen molar-refractivity contribution in [3.8, 4) is 0 Å². The number of esters is 1. The zero-order chi connectivity index (χ0) is 45.1. The van der Waals surface area contributed by atoms with Gasteiger partial charge in [-0.3, -0.25) is 9.59 Å². The normalized spacial score (nSPS) is 12.9. The second-order valence-electron chi connectivity index (χ2n) is 18.6. The molecular weight excluding hydrogens is 767 g/mol. The summed E-state index contributed by atoms with van der Waals surface area (Å²) >= 11 is 0. The summed E-state index contributed by atoms with van der Waals surface area (Å²) in [5, 5.41) is 23.2. The molecule has 1 amide bonds. The molecule has 0 saturated heterocycles. The molecule has 2 atom stereocenters. The van der Waals surface area contributed by atoms with Gasteiger partial charge in [0.2, 0.25) is 5.91 Å². The largest absolute Gasteiger partial charge is 0.466 e. The smallest absolute Gasteiger partial charge is 0.305 e.